The summed E-state index contributed by atoms with van der Waals surface area (Å²) in [5, 5.41) is 8.38. The van der Waals surface area contributed by atoms with Crippen LogP contribution in [0.5, 0.6) is 0 Å². The maximum atomic E-state index is 13.2. The van der Waals surface area contributed by atoms with Gasteiger partial charge < -0.3 is 0 Å². The average molecular weight is 288 g/mol. The van der Waals surface area contributed by atoms with E-state index in [4.69, 9.17) is 11.6 Å². The zero-order chi connectivity index (χ0) is 14.1. The largest absolute Gasteiger partial charge is 0.217 e. The third kappa shape index (κ3) is 2.18. The summed E-state index contributed by atoms with van der Waals surface area (Å²) in [6.07, 6.45) is 0. The molecule has 20 heavy (non-hydrogen) atoms. The van der Waals surface area contributed by atoms with Crippen LogP contribution in [0.3, 0.4) is 0 Å². The minimum atomic E-state index is -0.448. The van der Waals surface area contributed by atoms with Gasteiger partial charge in [0.05, 0.1) is 16.4 Å². The SMILES string of the molecule is Cc1c(-c2ccccc2)nnn1-c1ccc(F)c(Cl)c1. The van der Waals surface area contributed by atoms with E-state index in [1.807, 2.05) is 37.3 Å². The molecular formula is C15H11ClFN3. The average Bonchev–Trinajstić information content (AvgIpc) is 2.85. The lowest BCUT2D eigenvalue weighted by atomic mass is 10.1. The van der Waals surface area contributed by atoms with E-state index in [1.165, 1.54) is 12.1 Å². The molecular weight excluding hydrogens is 277 g/mol. The van der Waals surface area contributed by atoms with E-state index in [0.717, 1.165) is 17.0 Å². The molecule has 3 aromatic rings. The molecule has 1 aromatic heterocycles. The van der Waals surface area contributed by atoms with Crippen LogP contribution in [0.4, 0.5) is 4.39 Å². The van der Waals surface area contributed by atoms with Crippen LogP contribution in [0.15, 0.2) is 48.5 Å². The second-order valence-corrected chi connectivity index (χ2v) is 4.81. The van der Waals surface area contributed by atoms with Crippen LogP contribution in [0.1, 0.15) is 5.69 Å². The molecule has 5 heteroatoms. The maximum Gasteiger partial charge on any atom is 0.141 e. The third-order valence-electron chi connectivity index (χ3n) is 3.09. The summed E-state index contributed by atoms with van der Waals surface area (Å²) < 4.78 is 14.9. The van der Waals surface area contributed by atoms with Gasteiger partial charge in [-0.3, -0.25) is 0 Å². The van der Waals surface area contributed by atoms with Gasteiger partial charge in [0.15, 0.2) is 0 Å². The number of benzene rings is 2. The van der Waals surface area contributed by atoms with E-state index >= 15 is 0 Å². The summed E-state index contributed by atoms with van der Waals surface area (Å²) in [7, 11) is 0. The molecule has 100 valence electrons. The van der Waals surface area contributed by atoms with Crippen molar-refractivity contribution in [1.82, 2.24) is 15.0 Å². The van der Waals surface area contributed by atoms with E-state index in [0.29, 0.717) is 5.69 Å². The highest BCUT2D eigenvalue weighted by atomic mass is 35.5. The molecule has 0 fully saturated rings. The fraction of sp³-hybridized carbons (Fsp3) is 0.0667. The van der Waals surface area contributed by atoms with Gasteiger partial charge in [-0.1, -0.05) is 47.1 Å². The minimum Gasteiger partial charge on any atom is -0.217 e. The van der Waals surface area contributed by atoms with Crippen LogP contribution < -0.4 is 0 Å². The molecule has 1 heterocycles. The van der Waals surface area contributed by atoms with Crippen LogP contribution >= 0.6 is 11.6 Å². The zero-order valence-corrected chi connectivity index (χ0v) is 11.5. The standard InChI is InChI=1S/C15H11ClFN3/c1-10-15(11-5-3-2-4-6-11)18-19-20(10)12-7-8-14(17)13(16)9-12/h2-9H,1H3. The molecule has 0 bridgehead atoms. The Kier molecular flexibility index (Phi) is 3.24. The lowest BCUT2D eigenvalue weighted by Gasteiger charge is -2.05. The fourth-order valence-corrected chi connectivity index (χ4v) is 2.23. The van der Waals surface area contributed by atoms with Crippen molar-refractivity contribution in [3.8, 4) is 16.9 Å². The Bertz CT molecular complexity index is 753. The van der Waals surface area contributed by atoms with Gasteiger partial charge in [-0.2, -0.15) is 0 Å². The summed E-state index contributed by atoms with van der Waals surface area (Å²) in [5.41, 5.74) is 3.35. The van der Waals surface area contributed by atoms with Gasteiger partial charge in [0.1, 0.15) is 11.5 Å². The summed E-state index contributed by atoms with van der Waals surface area (Å²) in [4.78, 5) is 0. The van der Waals surface area contributed by atoms with E-state index < -0.39 is 5.82 Å². The number of hydrogen-bond donors (Lipinski definition) is 0. The second kappa shape index (κ2) is 5.06. The van der Waals surface area contributed by atoms with Crippen molar-refractivity contribution in [1.29, 1.82) is 0 Å². The van der Waals surface area contributed by atoms with E-state index in [2.05, 4.69) is 10.3 Å². The van der Waals surface area contributed by atoms with Gasteiger partial charge in [-0.05, 0) is 25.1 Å². The highest BCUT2D eigenvalue weighted by molar-refractivity contribution is 6.30. The zero-order valence-electron chi connectivity index (χ0n) is 10.7. The monoisotopic (exact) mass is 287 g/mol. The van der Waals surface area contributed by atoms with Crippen molar-refractivity contribution >= 4 is 11.6 Å². The molecule has 0 atom stereocenters. The van der Waals surface area contributed by atoms with Crippen molar-refractivity contribution in [2.45, 2.75) is 6.92 Å². The van der Waals surface area contributed by atoms with Crippen LogP contribution in [0, 0.1) is 12.7 Å². The van der Waals surface area contributed by atoms with Crippen molar-refractivity contribution < 1.29 is 4.39 Å². The number of aromatic nitrogens is 3. The molecule has 0 aliphatic heterocycles. The molecule has 0 aliphatic carbocycles. The van der Waals surface area contributed by atoms with Crippen molar-refractivity contribution in [2.75, 3.05) is 0 Å². The van der Waals surface area contributed by atoms with Gasteiger partial charge in [0, 0.05) is 5.56 Å². The van der Waals surface area contributed by atoms with Crippen molar-refractivity contribution in [2.24, 2.45) is 0 Å². The van der Waals surface area contributed by atoms with E-state index in [9.17, 15) is 4.39 Å². The van der Waals surface area contributed by atoms with Crippen molar-refractivity contribution in [3.05, 3.63) is 65.1 Å². The lowest BCUT2D eigenvalue weighted by molar-refractivity contribution is 0.627. The lowest BCUT2D eigenvalue weighted by Crippen LogP contribution is -1.99. The normalized spacial score (nSPS) is 10.8. The fourth-order valence-electron chi connectivity index (χ4n) is 2.05. The van der Waals surface area contributed by atoms with Crippen LogP contribution in [0.2, 0.25) is 5.02 Å². The summed E-state index contributed by atoms with van der Waals surface area (Å²) in [6, 6.07) is 14.3. The van der Waals surface area contributed by atoms with Gasteiger partial charge in [-0.15, -0.1) is 5.10 Å². The van der Waals surface area contributed by atoms with Crippen molar-refractivity contribution in [3.63, 3.8) is 0 Å². The van der Waals surface area contributed by atoms with E-state index in [1.54, 1.807) is 10.7 Å². The Morgan fingerprint density at radius 3 is 2.55 bits per heavy atom. The Hall–Kier alpha value is -2.20. The molecule has 0 amide bonds. The number of rotatable bonds is 2. The molecule has 0 saturated heterocycles. The van der Waals surface area contributed by atoms with Gasteiger partial charge in [-0.25, -0.2) is 9.07 Å². The smallest absolute Gasteiger partial charge is 0.141 e. The molecule has 2 aromatic carbocycles. The Balaban J connectivity index is 2.08. The van der Waals surface area contributed by atoms with E-state index in [-0.39, 0.29) is 5.02 Å². The molecule has 0 aliphatic rings. The van der Waals surface area contributed by atoms with Crippen LogP contribution in [-0.2, 0) is 0 Å². The molecule has 0 unspecified atom stereocenters. The number of hydrogen-bond acceptors (Lipinski definition) is 2. The number of nitrogens with zero attached hydrogens (tertiary/aromatic N) is 3. The molecule has 0 N–H and O–H groups in total. The van der Waals surface area contributed by atoms with Crippen LogP contribution in [0.25, 0.3) is 16.9 Å². The minimum absolute atomic E-state index is 0.0682. The first-order valence-corrected chi connectivity index (χ1v) is 6.48. The Morgan fingerprint density at radius 2 is 1.85 bits per heavy atom. The Labute approximate surface area is 120 Å². The molecule has 3 rings (SSSR count). The Morgan fingerprint density at radius 1 is 1.10 bits per heavy atom. The highest BCUT2D eigenvalue weighted by Crippen LogP contribution is 2.24. The summed E-state index contributed by atoms with van der Waals surface area (Å²) in [5.74, 6) is -0.448. The third-order valence-corrected chi connectivity index (χ3v) is 3.38. The maximum absolute atomic E-state index is 13.2. The predicted molar refractivity (Wildman–Crippen MR) is 76.5 cm³/mol. The number of halogens is 2. The predicted octanol–water partition coefficient (Wildman–Crippen LogP) is 4.04. The first kappa shape index (κ1) is 12.8. The van der Waals surface area contributed by atoms with Gasteiger partial charge in [0.25, 0.3) is 0 Å². The first-order valence-electron chi connectivity index (χ1n) is 6.10. The molecule has 0 saturated carbocycles. The van der Waals surface area contributed by atoms with Gasteiger partial charge >= 0.3 is 0 Å². The molecule has 0 spiro atoms. The van der Waals surface area contributed by atoms with Crippen LogP contribution in [-0.4, -0.2) is 15.0 Å². The second-order valence-electron chi connectivity index (χ2n) is 4.40. The summed E-state index contributed by atoms with van der Waals surface area (Å²) in [6.45, 7) is 1.92. The highest BCUT2D eigenvalue weighted by Gasteiger charge is 2.12. The van der Waals surface area contributed by atoms with Gasteiger partial charge in [0.2, 0.25) is 0 Å². The molecule has 3 nitrogen and oxygen atoms in total. The topological polar surface area (TPSA) is 30.7 Å². The first-order chi connectivity index (χ1) is 9.66. The quantitative estimate of drug-likeness (QED) is 0.712. The molecule has 0 radical (unpaired) electrons. The summed E-state index contributed by atoms with van der Waals surface area (Å²) >= 11 is 5.80.